The number of carbonyl (C=O) groups is 1. The molecule has 2 aromatic rings. The number of carbonyl (C=O) groups excluding carboxylic acids is 1. The molecule has 0 bridgehead atoms. The van der Waals surface area contributed by atoms with Crippen LogP contribution in [0.4, 0.5) is 11.4 Å². The van der Waals surface area contributed by atoms with E-state index in [0.717, 1.165) is 16.9 Å². The number of hydrogen-bond acceptors (Lipinski definition) is 3. The van der Waals surface area contributed by atoms with Crippen molar-refractivity contribution in [3.8, 4) is 5.75 Å². The predicted molar refractivity (Wildman–Crippen MR) is 86.5 cm³/mol. The summed E-state index contributed by atoms with van der Waals surface area (Å²) < 4.78 is 5.31. The summed E-state index contributed by atoms with van der Waals surface area (Å²) in [6.45, 7) is 1.98. The van der Waals surface area contributed by atoms with Crippen LogP contribution in [0.25, 0.3) is 0 Å². The van der Waals surface area contributed by atoms with E-state index in [4.69, 9.17) is 4.74 Å². The monoisotopic (exact) mass is 284 g/mol. The number of ether oxygens (including phenoxy) is 1. The van der Waals surface area contributed by atoms with Gasteiger partial charge in [-0.25, -0.2) is 0 Å². The maximum absolute atomic E-state index is 12.6. The minimum absolute atomic E-state index is 0.0646. The molecule has 2 aromatic carbocycles. The number of nitrogens with zero attached hydrogens (tertiary/aromatic N) is 1. The summed E-state index contributed by atoms with van der Waals surface area (Å²) >= 11 is 0. The second kappa shape index (κ2) is 6.31. The Morgan fingerprint density at radius 2 is 1.90 bits per heavy atom. The van der Waals surface area contributed by atoms with E-state index in [9.17, 15) is 4.79 Å². The van der Waals surface area contributed by atoms with Gasteiger partial charge in [0.15, 0.2) is 0 Å². The Morgan fingerprint density at radius 3 is 2.52 bits per heavy atom. The smallest absolute Gasteiger partial charge is 0.258 e. The summed E-state index contributed by atoms with van der Waals surface area (Å²) in [6, 6.07) is 13.1. The second-order valence-electron chi connectivity index (χ2n) is 4.82. The summed E-state index contributed by atoms with van der Waals surface area (Å²) in [7, 11) is 5.22. The molecule has 21 heavy (non-hydrogen) atoms. The third-order valence-corrected chi connectivity index (χ3v) is 3.49. The molecule has 0 atom stereocenters. The Morgan fingerprint density at radius 1 is 1.19 bits per heavy atom. The van der Waals surface area contributed by atoms with E-state index < -0.39 is 0 Å². The topological polar surface area (TPSA) is 41.6 Å². The number of rotatable bonds is 4. The number of methoxy groups -OCH3 is 1. The molecule has 4 nitrogen and oxygen atoms in total. The normalized spacial score (nSPS) is 10.1. The van der Waals surface area contributed by atoms with Gasteiger partial charge in [-0.05, 0) is 42.8 Å². The number of aryl methyl sites for hydroxylation is 1. The second-order valence-corrected chi connectivity index (χ2v) is 4.82. The molecule has 0 saturated carbocycles. The van der Waals surface area contributed by atoms with E-state index >= 15 is 0 Å². The number of hydrogen-bond donors (Lipinski definition) is 1. The van der Waals surface area contributed by atoms with Crippen LogP contribution in [0.2, 0.25) is 0 Å². The molecule has 0 saturated heterocycles. The first-order valence-electron chi connectivity index (χ1n) is 6.78. The maximum Gasteiger partial charge on any atom is 0.258 e. The summed E-state index contributed by atoms with van der Waals surface area (Å²) in [5, 5.41) is 3.10. The highest BCUT2D eigenvalue weighted by Gasteiger charge is 2.17. The van der Waals surface area contributed by atoms with E-state index in [1.54, 1.807) is 19.1 Å². The van der Waals surface area contributed by atoms with Crippen LogP contribution in [0.3, 0.4) is 0 Å². The van der Waals surface area contributed by atoms with Crippen molar-refractivity contribution in [1.82, 2.24) is 0 Å². The van der Waals surface area contributed by atoms with Crippen LogP contribution in [0.5, 0.6) is 5.75 Å². The fourth-order valence-corrected chi connectivity index (χ4v) is 2.29. The largest absolute Gasteiger partial charge is 0.495 e. The zero-order chi connectivity index (χ0) is 15.4. The Bertz CT molecular complexity index is 653. The Hall–Kier alpha value is -2.49. The van der Waals surface area contributed by atoms with Gasteiger partial charge in [-0.2, -0.15) is 0 Å². The molecule has 110 valence electrons. The summed E-state index contributed by atoms with van der Waals surface area (Å²) in [6.07, 6.45) is 0. The van der Waals surface area contributed by atoms with E-state index in [2.05, 4.69) is 5.32 Å². The van der Waals surface area contributed by atoms with Gasteiger partial charge >= 0.3 is 0 Å². The molecule has 1 N–H and O–H groups in total. The lowest BCUT2D eigenvalue weighted by Crippen LogP contribution is -2.26. The number of anilines is 2. The highest BCUT2D eigenvalue weighted by molar-refractivity contribution is 6.06. The summed E-state index contributed by atoms with van der Waals surface area (Å²) in [4.78, 5) is 14.2. The van der Waals surface area contributed by atoms with Crippen molar-refractivity contribution in [2.24, 2.45) is 0 Å². The minimum atomic E-state index is -0.0646. The highest BCUT2D eigenvalue weighted by Crippen LogP contribution is 2.28. The molecule has 2 rings (SSSR count). The molecule has 0 aliphatic heterocycles. The predicted octanol–water partition coefficient (Wildman–Crippen LogP) is 3.32. The van der Waals surface area contributed by atoms with E-state index in [1.807, 2.05) is 56.4 Å². The Kier molecular flexibility index (Phi) is 4.48. The number of para-hydroxylation sites is 2. The van der Waals surface area contributed by atoms with Crippen molar-refractivity contribution >= 4 is 17.3 Å². The minimum Gasteiger partial charge on any atom is -0.495 e. The third-order valence-electron chi connectivity index (χ3n) is 3.49. The molecular weight excluding hydrogens is 264 g/mol. The zero-order valence-electron chi connectivity index (χ0n) is 12.8. The third kappa shape index (κ3) is 2.99. The van der Waals surface area contributed by atoms with Crippen molar-refractivity contribution in [2.45, 2.75) is 6.92 Å². The lowest BCUT2D eigenvalue weighted by Gasteiger charge is -2.20. The van der Waals surface area contributed by atoms with Gasteiger partial charge in [0.2, 0.25) is 0 Å². The molecule has 0 aliphatic carbocycles. The van der Waals surface area contributed by atoms with Crippen LogP contribution >= 0.6 is 0 Å². The molecule has 0 radical (unpaired) electrons. The van der Waals surface area contributed by atoms with Gasteiger partial charge in [-0.1, -0.05) is 12.1 Å². The van der Waals surface area contributed by atoms with Crippen LogP contribution in [0.15, 0.2) is 42.5 Å². The van der Waals surface area contributed by atoms with Gasteiger partial charge in [-0.15, -0.1) is 0 Å². The molecule has 0 heterocycles. The number of nitrogens with one attached hydrogen (secondary N) is 1. The number of benzene rings is 2. The SMILES string of the molecule is CNc1ccc(C(=O)N(C)c2ccccc2OC)cc1C. The van der Waals surface area contributed by atoms with E-state index in [-0.39, 0.29) is 5.91 Å². The van der Waals surface area contributed by atoms with Crippen LogP contribution in [0, 0.1) is 6.92 Å². The lowest BCUT2D eigenvalue weighted by atomic mass is 10.1. The molecular formula is C17H20N2O2. The first-order chi connectivity index (χ1) is 10.1. The van der Waals surface area contributed by atoms with Gasteiger partial charge in [0.25, 0.3) is 5.91 Å². The molecule has 0 unspecified atom stereocenters. The molecule has 4 heteroatoms. The van der Waals surface area contributed by atoms with Crippen molar-refractivity contribution < 1.29 is 9.53 Å². The van der Waals surface area contributed by atoms with Crippen LogP contribution in [0.1, 0.15) is 15.9 Å². The maximum atomic E-state index is 12.6. The van der Waals surface area contributed by atoms with Crippen LogP contribution in [-0.4, -0.2) is 27.1 Å². The standard InChI is InChI=1S/C17H20N2O2/c1-12-11-13(9-10-14(12)18-2)17(20)19(3)15-7-5-6-8-16(15)21-4/h5-11,18H,1-4H3. The number of amides is 1. The molecule has 0 fully saturated rings. The van der Waals surface area contributed by atoms with E-state index in [0.29, 0.717) is 11.3 Å². The van der Waals surface area contributed by atoms with Crippen molar-refractivity contribution in [1.29, 1.82) is 0 Å². The van der Waals surface area contributed by atoms with Gasteiger partial charge in [-0.3, -0.25) is 4.79 Å². The fourth-order valence-electron chi connectivity index (χ4n) is 2.29. The van der Waals surface area contributed by atoms with Crippen molar-refractivity contribution in [3.63, 3.8) is 0 Å². The first-order valence-corrected chi connectivity index (χ1v) is 6.78. The van der Waals surface area contributed by atoms with Crippen molar-refractivity contribution in [3.05, 3.63) is 53.6 Å². The van der Waals surface area contributed by atoms with E-state index in [1.165, 1.54) is 0 Å². The Balaban J connectivity index is 2.33. The van der Waals surface area contributed by atoms with Gasteiger partial charge in [0.1, 0.15) is 5.75 Å². The molecule has 0 aromatic heterocycles. The Labute approximate surface area is 125 Å². The highest BCUT2D eigenvalue weighted by atomic mass is 16.5. The quantitative estimate of drug-likeness (QED) is 0.936. The first kappa shape index (κ1) is 14.9. The van der Waals surface area contributed by atoms with Crippen molar-refractivity contribution in [2.75, 3.05) is 31.4 Å². The molecule has 0 aliphatic rings. The zero-order valence-corrected chi connectivity index (χ0v) is 12.8. The van der Waals surface area contributed by atoms with Crippen LogP contribution < -0.4 is 15.0 Å². The summed E-state index contributed by atoms with van der Waals surface area (Å²) in [5.41, 5.74) is 3.46. The average molecular weight is 284 g/mol. The molecule has 0 spiro atoms. The van der Waals surface area contributed by atoms with Gasteiger partial charge < -0.3 is 15.0 Å². The van der Waals surface area contributed by atoms with Crippen LogP contribution in [-0.2, 0) is 0 Å². The lowest BCUT2D eigenvalue weighted by molar-refractivity contribution is 0.0992. The van der Waals surface area contributed by atoms with Gasteiger partial charge in [0.05, 0.1) is 12.8 Å². The fraction of sp³-hybridized carbons (Fsp3) is 0.235. The summed E-state index contributed by atoms with van der Waals surface area (Å²) in [5.74, 6) is 0.613. The van der Waals surface area contributed by atoms with Gasteiger partial charge in [0, 0.05) is 25.3 Å². The molecule has 1 amide bonds. The average Bonchev–Trinajstić information content (AvgIpc) is 2.53.